The van der Waals surface area contributed by atoms with Crippen LogP contribution in [-0.4, -0.2) is 29.5 Å². The Labute approximate surface area is 112 Å². The summed E-state index contributed by atoms with van der Waals surface area (Å²) in [5, 5.41) is 21.2. The fourth-order valence-corrected chi connectivity index (χ4v) is 2.84. The minimum Gasteiger partial charge on any atom is -0.394 e. The van der Waals surface area contributed by atoms with E-state index in [2.05, 4.69) is 44.1 Å². The van der Waals surface area contributed by atoms with Gasteiger partial charge < -0.3 is 15.5 Å². The van der Waals surface area contributed by atoms with E-state index < -0.39 is 6.10 Å². The third-order valence-corrected chi connectivity index (χ3v) is 3.33. The molecular formula is C11H15Br2NO2. The average molecular weight is 353 g/mol. The smallest absolute Gasteiger partial charge is 0.0942 e. The van der Waals surface area contributed by atoms with Crippen molar-refractivity contribution in [2.24, 2.45) is 0 Å². The first-order valence-electron chi connectivity index (χ1n) is 5.09. The van der Waals surface area contributed by atoms with Gasteiger partial charge in [0.1, 0.15) is 0 Å². The van der Waals surface area contributed by atoms with Gasteiger partial charge in [0, 0.05) is 15.5 Å². The molecule has 0 saturated heterocycles. The Morgan fingerprint density at radius 1 is 1.38 bits per heavy atom. The molecule has 3 N–H and O–H groups in total. The summed E-state index contributed by atoms with van der Waals surface area (Å²) in [6.07, 6.45) is 0.163. The molecule has 5 heteroatoms. The standard InChI is InChI=1S/C11H15Br2NO2/c1-2-7-3-8(12)4-10(13)11(7)14-5-9(16)6-15/h3-4,9,14-16H,2,5-6H2,1H3. The highest BCUT2D eigenvalue weighted by Gasteiger charge is 2.09. The van der Waals surface area contributed by atoms with Crippen molar-refractivity contribution in [2.75, 3.05) is 18.5 Å². The van der Waals surface area contributed by atoms with Crippen LogP contribution in [0.5, 0.6) is 0 Å². The number of aliphatic hydroxyl groups excluding tert-OH is 2. The second-order valence-corrected chi connectivity index (χ2v) is 5.26. The summed E-state index contributed by atoms with van der Waals surface area (Å²) in [6, 6.07) is 3.99. The van der Waals surface area contributed by atoms with Crippen LogP contribution in [0.15, 0.2) is 21.1 Å². The van der Waals surface area contributed by atoms with Crippen molar-refractivity contribution in [1.82, 2.24) is 0 Å². The van der Waals surface area contributed by atoms with Crippen LogP contribution < -0.4 is 5.32 Å². The lowest BCUT2D eigenvalue weighted by Crippen LogP contribution is -2.23. The zero-order valence-electron chi connectivity index (χ0n) is 9.00. The van der Waals surface area contributed by atoms with E-state index in [0.717, 1.165) is 26.6 Å². The molecule has 0 bridgehead atoms. The Balaban J connectivity index is 2.85. The van der Waals surface area contributed by atoms with Crippen LogP contribution in [0.2, 0.25) is 0 Å². The Morgan fingerprint density at radius 2 is 2.06 bits per heavy atom. The summed E-state index contributed by atoms with van der Waals surface area (Å²) >= 11 is 6.91. The Kier molecular flexibility index (Phi) is 5.75. The maximum absolute atomic E-state index is 9.29. The number of hydrogen-bond donors (Lipinski definition) is 3. The molecule has 1 unspecified atom stereocenters. The van der Waals surface area contributed by atoms with E-state index in [-0.39, 0.29) is 6.61 Å². The summed E-state index contributed by atoms with van der Waals surface area (Å²) < 4.78 is 1.97. The lowest BCUT2D eigenvalue weighted by atomic mass is 10.1. The first-order valence-corrected chi connectivity index (χ1v) is 6.67. The van der Waals surface area contributed by atoms with Crippen molar-refractivity contribution in [3.63, 3.8) is 0 Å². The molecule has 0 saturated carbocycles. The van der Waals surface area contributed by atoms with Crippen molar-refractivity contribution in [1.29, 1.82) is 0 Å². The second-order valence-electron chi connectivity index (χ2n) is 3.49. The predicted molar refractivity (Wildman–Crippen MR) is 72.8 cm³/mol. The number of aryl methyl sites for hydroxylation is 1. The molecular weight excluding hydrogens is 338 g/mol. The Bertz CT molecular complexity index is 358. The van der Waals surface area contributed by atoms with Crippen molar-refractivity contribution < 1.29 is 10.2 Å². The number of benzene rings is 1. The number of aliphatic hydroxyl groups is 2. The van der Waals surface area contributed by atoms with E-state index >= 15 is 0 Å². The maximum Gasteiger partial charge on any atom is 0.0942 e. The normalized spacial score (nSPS) is 12.6. The van der Waals surface area contributed by atoms with E-state index in [0.29, 0.717) is 6.54 Å². The third-order valence-electron chi connectivity index (χ3n) is 2.24. The van der Waals surface area contributed by atoms with Crippen LogP contribution in [0.25, 0.3) is 0 Å². The molecule has 0 aliphatic rings. The molecule has 90 valence electrons. The van der Waals surface area contributed by atoms with Gasteiger partial charge in [-0.2, -0.15) is 0 Å². The summed E-state index contributed by atoms with van der Waals surface area (Å²) in [5.41, 5.74) is 2.13. The molecule has 0 spiro atoms. The summed E-state index contributed by atoms with van der Waals surface area (Å²) in [5.74, 6) is 0. The molecule has 3 nitrogen and oxygen atoms in total. The first kappa shape index (κ1) is 14.0. The SMILES string of the molecule is CCc1cc(Br)cc(Br)c1NCC(O)CO. The predicted octanol–water partition coefficient (Wildman–Crippen LogP) is 2.54. The molecule has 1 aromatic carbocycles. The van der Waals surface area contributed by atoms with E-state index in [1.54, 1.807) is 0 Å². The quantitative estimate of drug-likeness (QED) is 0.763. The van der Waals surface area contributed by atoms with E-state index in [1.807, 2.05) is 12.1 Å². The number of nitrogens with one attached hydrogen (secondary N) is 1. The minimum absolute atomic E-state index is 0.234. The molecule has 1 rings (SSSR count). The largest absolute Gasteiger partial charge is 0.394 e. The Hall–Kier alpha value is -0.100. The van der Waals surface area contributed by atoms with E-state index in [1.165, 1.54) is 0 Å². The van der Waals surface area contributed by atoms with Gasteiger partial charge in [-0.3, -0.25) is 0 Å². The molecule has 0 heterocycles. The van der Waals surface area contributed by atoms with Gasteiger partial charge in [-0.15, -0.1) is 0 Å². The van der Waals surface area contributed by atoms with Crippen molar-refractivity contribution in [3.8, 4) is 0 Å². The molecule has 0 amide bonds. The molecule has 0 fully saturated rings. The molecule has 1 aromatic rings. The van der Waals surface area contributed by atoms with Crippen LogP contribution in [0, 0.1) is 0 Å². The lowest BCUT2D eigenvalue weighted by molar-refractivity contribution is 0.105. The highest BCUT2D eigenvalue weighted by Crippen LogP contribution is 2.31. The molecule has 0 aliphatic heterocycles. The van der Waals surface area contributed by atoms with Gasteiger partial charge in [0.15, 0.2) is 0 Å². The number of hydrogen-bond acceptors (Lipinski definition) is 3. The average Bonchev–Trinajstić information content (AvgIpc) is 2.26. The van der Waals surface area contributed by atoms with Crippen LogP contribution in [0.4, 0.5) is 5.69 Å². The van der Waals surface area contributed by atoms with Crippen LogP contribution >= 0.6 is 31.9 Å². The van der Waals surface area contributed by atoms with E-state index in [9.17, 15) is 5.11 Å². The minimum atomic E-state index is -0.736. The zero-order chi connectivity index (χ0) is 12.1. The van der Waals surface area contributed by atoms with Crippen LogP contribution in [-0.2, 0) is 6.42 Å². The highest BCUT2D eigenvalue weighted by molar-refractivity contribution is 9.11. The lowest BCUT2D eigenvalue weighted by Gasteiger charge is -2.15. The maximum atomic E-state index is 9.29. The molecule has 0 aliphatic carbocycles. The van der Waals surface area contributed by atoms with Gasteiger partial charge in [0.05, 0.1) is 18.4 Å². The summed E-state index contributed by atoms with van der Waals surface area (Å²) in [6.45, 7) is 2.17. The Morgan fingerprint density at radius 3 is 2.62 bits per heavy atom. The fraction of sp³-hybridized carbons (Fsp3) is 0.455. The third kappa shape index (κ3) is 3.73. The fourth-order valence-electron chi connectivity index (χ4n) is 1.39. The number of rotatable bonds is 5. The van der Waals surface area contributed by atoms with Gasteiger partial charge >= 0.3 is 0 Å². The molecule has 0 aromatic heterocycles. The van der Waals surface area contributed by atoms with Gasteiger partial charge in [0.25, 0.3) is 0 Å². The zero-order valence-corrected chi connectivity index (χ0v) is 12.2. The van der Waals surface area contributed by atoms with Gasteiger partial charge in [-0.1, -0.05) is 22.9 Å². The van der Waals surface area contributed by atoms with Crippen molar-refractivity contribution in [3.05, 3.63) is 26.6 Å². The number of halogens is 2. The topological polar surface area (TPSA) is 52.5 Å². The first-order chi connectivity index (χ1) is 7.58. The summed E-state index contributed by atoms with van der Waals surface area (Å²) in [7, 11) is 0. The van der Waals surface area contributed by atoms with Crippen LogP contribution in [0.3, 0.4) is 0 Å². The summed E-state index contributed by atoms with van der Waals surface area (Å²) in [4.78, 5) is 0. The van der Waals surface area contributed by atoms with Gasteiger partial charge in [-0.05, 0) is 40.0 Å². The molecule has 0 radical (unpaired) electrons. The monoisotopic (exact) mass is 351 g/mol. The highest BCUT2D eigenvalue weighted by atomic mass is 79.9. The number of anilines is 1. The molecule has 1 atom stereocenters. The van der Waals surface area contributed by atoms with Gasteiger partial charge in [0.2, 0.25) is 0 Å². The van der Waals surface area contributed by atoms with Gasteiger partial charge in [-0.25, -0.2) is 0 Å². The van der Waals surface area contributed by atoms with Crippen molar-refractivity contribution >= 4 is 37.5 Å². The van der Waals surface area contributed by atoms with Crippen molar-refractivity contribution in [2.45, 2.75) is 19.4 Å². The second kappa shape index (κ2) is 6.59. The molecule has 16 heavy (non-hydrogen) atoms. The van der Waals surface area contributed by atoms with Crippen LogP contribution in [0.1, 0.15) is 12.5 Å². The van der Waals surface area contributed by atoms with E-state index in [4.69, 9.17) is 5.11 Å².